The number of amides is 1. The lowest BCUT2D eigenvalue weighted by molar-refractivity contribution is 0.0943. The van der Waals surface area contributed by atoms with E-state index in [0.29, 0.717) is 18.7 Å². The number of sulfone groups is 1. The number of rotatable bonds is 5. The van der Waals surface area contributed by atoms with Gasteiger partial charge in [0.2, 0.25) is 0 Å². The Morgan fingerprint density at radius 1 is 1.33 bits per heavy atom. The van der Waals surface area contributed by atoms with Crippen LogP contribution in [-0.2, 0) is 16.3 Å². The van der Waals surface area contributed by atoms with E-state index in [1.165, 1.54) is 16.9 Å². The molecule has 4 rings (SSSR count). The van der Waals surface area contributed by atoms with Crippen LogP contribution < -0.4 is 5.32 Å². The van der Waals surface area contributed by atoms with Crippen LogP contribution in [0.3, 0.4) is 0 Å². The minimum absolute atomic E-state index is 0.00325. The quantitative estimate of drug-likeness (QED) is 0.710. The standard InChI is InChI=1S/C19H21N3O3S2/c1-2-13-3-5-15(6-4-13)16-10-22-17(11-26-19(22)21-16)18(23)20-9-14-7-8-27(24,25)12-14/h3-6,10-11,14H,2,7-9,12H2,1H3,(H,20,23). The van der Waals surface area contributed by atoms with Gasteiger partial charge < -0.3 is 5.32 Å². The summed E-state index contributed by atoms with van der Waals surface area (Å²) in [6.45, 7) is 2.50. The van der Waals surface area contributed by atoms with Crippen molar-refractivity contribution in [2.75, 3.05) is 18.1 Å². The Balaban J connectivity index is 1.50. The van der Waals surface area contributed by atoms with Crippen LogP contribution in [0.2, 0.25) is 0 Å². The summed E-state index contributed by atoms with van der Waals surface area (Å²) in [5, 5.41) is 4.66. The zero-order valence-electron chi connectivity index (χ0n) is 15.0. The zero-order valence-corrected chi connectivity index (χ0v) is 16.6. The number of aryl methyl sites for hydroxylation is 1. The molecule has 1 N–H and O–H groups in total. The fraction of sp³-hybridized carbons (Fsp3) is 0.368. The SMILES string of the molecule is CCc1ccc(-c2cn3c(C(=O)NCC4CCS(=O)(=O)C4)csc3n2)cc1. The molecule has 0 bridgehead atoms. The van der Waals surface area contributed by atoms with Crippen molar-refractivity contribution >= 4 is 32.0 Å². The topological polar surface area (TPSA) is 80.5 Å². The largest absolute Gasteiger partial charge is 0.350 e. The molecular formula is C19H21N3O3S2. The first-order valence-corrected chi connectivity index (χ1v) is 11.7. The highest BCUT2D eigenvalue weighted by Gasteiger charge is 2.28. The van der Waals surface area contributed by atoms with E-state index in [1.54, 1.807) is 9.78 Å². The molecule has 2 aromatic heterocycles. The maximum Gasteiger partial charge on any atom is 0.269 e. The van der Waals surface area contributed by atoms with Crippen LogP contribution in [0.25, 0.3) is 16.2 Å². The summed E-state index contributed by atoms with van der Waals surface area (Å²) in [6.07, 6.45) is 3.48. The Bertz CT molecular complexity index is 1080. The Labute approximate surface area is 162 Å². The van der Waals surface area contributed by atoms with Crippen LogP contribution in [0.15, 0.2) is 35.8 Å². The number of aromatic nitrogens is 2. The third kappa shape index (κ3) is 3.77. The van der Waals surface area contributed by atoms with Gasteiger partial charge in [-0.05, 0) is 24.3 Å². The predicted octanol–water partition coefficient (Wildman–Crippen LogP) is 2.79. The summed E-state index contributed by atoms with van der Waals surface area (Å²) in [5.41, 5.74) is 3.65. The van der Waals surface area contributed by atoms with Crippen molar-refractivity contribution in [3.05, 3.63) is 47.1 Å². The minimum atomic E-state index is -2.93. The van der Waals surface area contributed by atoms with E-state index in [9.17, 15) is 13.2 Å². The highest BCUT2D eigenvalue weighted by Crippen LogP contribution is 2.24. The monoisotopic (exact) mass is 403 g/mol. The number of benzene rings is 1. The molecule has 27 heavy (non-hydrogen) atoms. The van der Waals surface area contributed by atoms with Crippen molar-refractivity contribution in [3.8, 4) is 11.3 Å². The molecule has 1 unspecified atom stereocenters. The van der Waals surface area contributed by atoms with Gasteiger partial charge in [-0.15, -0.1) is 11.3 Å². The average Bonchev–Trinajstić information content (AvgIpc) is 3.33. The van der Waals surface area contributed by atoms with Gasteiger partial charge in [-0.3, -0.25) is 9.20 Å². The van der Waals surface area contributed by atoms with Gasteiger partial charge in [0.15, 0.2) is 14.8 Å². The lowest BCUT2D eigenvalue weighted by atomic mass is 10.1. The van der Waals surface area contributed by atoms with Gasteiger partial charge in [0.05, 0.1) is 17.2 Å². The number of carbonyl (C=O) groups is 1. The highest BCUT2D eigenvalue weighted by molar-refractivity contribution is 7.91. The molecule has 0 spiro atoms. The number of thiazole rings is 1. The number of nitrogens with one attached hydrogen (secondary N) is 1. The van der Waals surface area contributed by atoms with Crippen LogP contribution in [0, 0.1) is 5.92 Å². The second kappa shape index (κ2) is 7.09. The molecule has 8 heteroatoms. The number of carbonyl (C=O) groups excluding carboxylic acids is 1. The smallest absolute Gasteiger partial charge is 0.269 e. The van der Waals surface area contributed by atoms with E-state index in [0.717, 1.165) is 22.6 Å². The van der Waals surface area contributed by atoms with Crippen LogP contribution in [0.5, 0.6) is 0 Å². The summed E-state index contributed by atoms with van der Waals surface area (Å²) in [5.74, 6) is 0.187. The van der Waals surface area contributed by atoms with Crippen LogP contribution in [0.1, 0.15) is 29.4 Å². The second-order valence-electron chi connectivity index (χ2n) is 6.93. The first-order valence-electron chi connectivity index (χ1n) is 8.99. The molecule has 3 heterocycles. The van der Waals surface area contributed by atoms with Crippen molar-refractivity contribution in [2.24, 2.45) is 5.92 Å². The molecule has 1 atom stereocenters. The van der Waals surface area contributed by atoms with Gasteiger partial charge in [-0.1, -0.05) is 31.2 Å². The first-order chi connectivity index (χ1) is 12.9. The molecule has 0 saturated carbocycles. The number of nitrogens with zero attached hydrogens (tertiary/aromatic N) is 2. The molecular weight excluding hydrogens is 382 g/mol. The molecule has 3 aromatic rings. The van der Waals surface area contributed by atoms with Crippen molar-refractivity contribution in [2.45, 2.75) is 19.8 Å². The summed E-state index contributed by atoms with van der Waals surface area (Å²) in [7, 11) is -2.93. The number of hydrogen-bond acceptors (Lipinski definition) is 5. The van der Waals surface area contributed by atoms with Crippen molar-refractivity contribution in [1.29, 1.82) is 0 Å². The van der Waals surface area contributed by atoms with Crippen LogP contribution in [0.4, 0.5) is 0 Å². The Morgan fingerprint density at radius 3 is 2.78 bits per heavy atom. The molecule has 1 fully saturated rings. The lowest BCUT2D eigenvalue weighted by Crippen LogP contribution is -2.30. The van der Waals surface area contributed by atoms with Gasteiger partial charge in [0.25, 0.3) is 5.91 Å². The second-order valence-corrected chi connectivity index (χ2v) is 9.99. The minimum Gasteiger partial charge on any atom is -0.350 e. The van der Waals surface area contributed by atoms with E-state index >= 15 is 0 Å². The number of hydrogen-bond donors (Lipinski definition) is 1. The summed E-state index contributed by atoms with van der Waals surface area (Å²) < 4.78 is 24.9. The molecule has 1 amide bonds. The molecule has 1 aliphatic heterocycles. The van der Waals surface area contributed by atoms with Crippen molar-refractivity contribution < 1.29 is 13.2 Å². The van der Waals surface area contributed by atoms with E-state index < -0.39 is 9.84 Å². The Morgan fingerprint density at radius 2 is 2.11 bits per heavy atom. The maximum absolute atomic E-state index is 12.6. The Kier molecular flexibility index (Phi) is 4.77. The van der Waals surface area contributed by atoms with Crippen LogP contribution >= 0.6 is 11.3 Å². The molecule has 1 aliphatic rings. The highest BCUT2D eigenvalue weighted by atomic mass is 32.2. The zero-order chi connectivity index (χ0) is 19.0. The number of imidazole rings is 1. The normalized spacial score (nSPS) is 18.8. The first kappa shape index (κ1) is 18.2. The summed E-state index contributed by atoms with van der Waals surface area (Å²) in [4.78, 5) is 17.9. The molecule has 1 aromatic carbocycles. The summed E-state index contributed by atoms with van der Waals surface area (Å²) in [6, 6.07) is 8.27. The van der Waals surface area contributed by atoms with Gasteiger partial charge in [0, 0.05) is 23.7 Å². The van der Waals surface area contributed by atoms with Gasteiger partial charge in [-0.25, -0.2) is 13.4 Å². The predicted molar refractivity (Wildman–Crippen MR) is 107 cm³/mol. The molecule has 0 aliphatic carbocycles. The Hall–Kier alpha value is -2.19. The number of fused-ring (bicyclic) bond motifs is 1. The van der Waals surface area contributed by atoms with Gasteiger partial charge >= 0.3 is 0 Å². The van der Waals surface area contributed by atoms with E-state index in [4.69, 9.17) is 0 Å². The van der Waals surface area contributed by atoms with E-state index in [2.05, 4.69) is 29.4 Å². The van der Waals surface area contributed by atoms with E-state index in [1.807, 2.05) is 18.3 Å². The fourth-order valence-electron chi connectivity index (χ4n) is 3.36. The van der Waals surface area contributed by atoms with Gasteiger partial charge in [-0.2, -0.15) is 0 Å². The molecule has 6 nitrogen and oxygen atoms in total. The summed E-state index contributed by atoms with van der Waals surface area (Å²) >= 11 is 1.42. The van der Waals surface area contributed by atoms with Gasteiger partial charge in [0.1, 0.15) is 5.69 Å². The molecule has 142 valence electrons. The third-order valence-electron chi connectivity index (χ3n) is 4.98. The van der Waals surface area contributed by atoms with Crippen molar-refractivity contribution in [1.82, 2.24) is 14.7 Å². The maximum atomic E-state index is 12.6. The molecule has 0 radical (unpaired) electrons. The lowest BCUT2D eigenvalue weighted by Gasteiger charge is -2.09. The average molecular weight is 404 g/mol. The molecule has 1 saturated heterocycles. The fourth-order valence-corrected chi connectivity index (χ4v) is 6.07. The van der Waals surface area contributed by atoms with Crippen LogP contribution in [-0.4, -0.2) is 41.8 Å². The van der Waals surface area contributed by atoms with E-state index in [-0.39, 0.29) is 23.3 Å². The third-order valence-corrected chi connectivity index (χ3v) is 7.65. The van der Waals surface area contributed by atoms with Crippen molar-refractivity contribution in [3.63, 3.8) is 0 Å².